The molecule has 3 heteroatoms. The van der Waals surface area contributed by atoms with Crippen LogP contribution in [0.3, 0.4) is 0 Å². The van der Waals surface area contributed by atoms with Gasteiger partial charge in [-0.2, -0.15) is 0 Å². The molecule has 0 heterocycles. The molecule has 0 radical (unpaired) electrons. The molecule has 1 nitrogen and oxygen atoms in total. The van der Waals surface area contributed by atoms with Gasteiger partial charge in [0, 0.05) is 6.04 Å². The van der Waals surface area contributed by atoms with Crippen LogP contribution in [0.25, 0.3) is 0 Å². The molecule has 0 amide bonds. The van der Waals surface area contributed by atoms with Crippen molar-refractivity contribution in [2.75, 3.05) is 0 Å². The third kappa shape index (κ3) is 0.940. The summed E-state index contributed by atoms with van der Waals surface area (Å²) in [5, 5.41) is 0. The summed E-state index contributed by atoms with van der Waals surface area (Å²) in [7, 11) is 0. The number of hydrogen-bond donors (Lipinski definition) is 1. The summed E-state index contributed by atoms with van der Waals surface area (Å²) < 4.78 is 13.2. The quantitative estimate of drug-likeness (QED) is 0.581. The maximum atomic E-state index is 13.2. The molecule has 0 spiro atoms. The van der Waals surface area contributed by atoms with Crippen LogP contribution in [-0.2, 0) is 0 Å². The van der Waals surface area contributed by atoms with Gasteiger partial charge >= 0.3 is 0 Å². The van der Waals surface area contributed by atoms with E-state index in [9.17, 15) is 4.39 Å². The molecule has 2 rings (SSSR count). The molecule has 2 saturated carbocycles. The van der Waals surface area contributed by atoms with E-state index in [2.05, 4.69) is 0 Å². The minimum absolute atomic E-state index is 0. The largest absolute Gasteiger partial charge is 0.325 e. The lowest BCUT2D eigenvalue weighted by Gasteiger charge is -2.21. The Morgan fingerprint density at radius 3 is 2.60 bits per heavy atom. The average molecular weight is 166 g/mol. The van der Waals surface area contributed by atoms with Gasteiger partial charge < -0.3 is 5.73 Å². The van der Waals surface area contributed by atoms with Gasteiger partial charge in [-0.05, 0) is 25.2 Å². The summed E-state index contributed by atoms with van der Waals surface area (Å²) in [4.78, 5) is 0. The zero-order valence-corrected chi connectivity index (χ0v) is 6.66. The highest BCUT2D eigenvalue weighted by molar-refractivity contribution is 5.85. The number of alkyl halides is 1. The molecule has 3 unspecified atom stereocenters. The second-order valence-corrected chi connectivity index (χ2v) is 3.37. The first-order valence-electron chi connectivity index (χ1n) is 3.68. The molecular weight excluding hydrogens is 153 g/mol. The Morgan fingerprint density at radius 2 is 2.10 bits per heavy atom. The fourth-order valence-electron chi connectivity index (χ4n) is 1.94. The van der Waals surface area contributed by atoms with Crippen molar-refractivity contribution in [1.29, 1.82) is 0 Å². The summed E-state index contributed by atoms with van der Waals surface area (Å²) in [6.45, 7) is 0. The minimum atomic E-state index is -0.918. The summed E-state index contributed by atoms with van der Waals surface area (Å²) in [6.07, 6.45) is 3.85. The standard InChI is InChI=1S/C7H12FN.ClH/c8-7-4-5(7)2-1-3-6(7)9;/h5-6H,1-4,9H2;1H. The van der Waals surface area contributed by atoms with E-state index in [1.807, 2.05) is 0 Å². The lowest BCUT2D eigenvalue weighted by Crippen LogP contribution is -2.37. The molecule has 2 aliphatic carbocycles. The molecule has 0 aliphatic heterocycles. The van der Waals surface area contributed by atoms with Crippen LogP contribution in [0.4, 0.5) is 4.39 Å². The van der Waals surface area contributed by atoms with Crippen LogP contribution in [0.2, 0.25) is 0 Å². The van der Waals surface area contributed by atoms with Gasteiger partial charge in [-0.3, -0.25) is 0 Å². The predicted octanol–water partition coefficient (Wildman–Crippen LogP) is 1.65. The first-order chi connectivity index (χ1) is 4.23. The average Bonchev–Trinajstić information content (AvgIpc) is 2.44. The highest BCUT2D eigenvalue weighted by Crippen LogP contribution is 2.55. The zero-order valence-electron chi connectivity index (χ0n) is 5.85. The normalized spacial score (nSPS) is 51.0. The summed E-state index contributed by atoms with van der Waals surface area (Å²) in [5.74, 6) is 0.334. The molecule has 0 aromatic rings. The summed E-state index contributed by atoms with van der Waals surface area (Å²) in [5.41, 5.74) is 4.66. The molecule has 2 N–H and O–H groups in total. The third-order valence-corrected chi connectivity index (χ3v) is 2.76. The van der Waals surface area contributed by atoms with Gasteiger partial charge in [0.1, 0.15) is 5.67 Å². The van der Waals surface area contributed by atoms with Crippen LogP contribution >= 0.6 is 12.4 Å². The van der Waals surface area contributed by atoms with Crippen LogP contribution in [0, 0.1) is 5.92 Å². The highest BCUT2D eigenvalue weighted by atomic mass is 35.5. The SMILES string of the molecule is Cl.NC1CCCC2CC12F. The fraction of sp³-hybridized carbons (Fsp3) is 1.00. The number of rotatable bonds is 0. The molecule has 60 valence electrons. The summed E-state index contributed by atoms with van der Waals surface area (Å²) in [6, 6.07) is -0.142. The predicted molar refractivity (Wildman–Crippen MR) is 41.0 cm³/mol. The Balaban J connectivity index is 0.000000500. The Kier molecular flexibility index (Phi) is 1.94. The van der Waals surface area contributed by atoms with Crippen LogP contribution < -0.4 is 5.73 Å². The van der Waals surface area contributed by atoms with Gasteiger partial charge in [0.2, 0.25) is 0 Å². The maximum Gasteiger partial charge on any atom is 0.129 e. The molecule has 2 fully saturated rings. The highest BCUT2D eigenvalue weighted by Gasteiger charge is 2.60. The van der Waals surface area contributed by atoms with E-state index < -0.39 is 5.67 Å². The van der Waals surface area contributed by atoms with Gasteiger partial charge in [-0.1, -0.05) is 6.42 Å². The van der Waals surface area contributed by atoms with Gasteiger partial charge in [-0.25, -0.2) is 4.39 Å². The molecule has 0 saturated heterocycles. The van der Waals surface area contributed by atoms with Gasteiger partial charge in [0.25, 0.3) is 0 Å². The monoisotopic (exact) mass is 165 g/mol. The first-order valence-corrected chi connectivity index (χ1v) is 3.68. The van der Waals surface area contributed by atoms with Crippen LogP contribution in [-0.4, -0.2) is 11.7 Å². The van der Waals surface area contributed by atoms with Crippen molar-refractivity contribution in [3.05, 3.63) is 0 Å². The smallest absolute Gasteiger partial charge is 0.129 e. The molecule has 0 bridgehead atoms. The molecular formula is C7H13ClFN. The number of halogens is 2. The molecule has 0 aromatic heterocycles. The lowest BCUT2D eigenvalue weighted by molar-refractivity contribution is 0.193. The number of nitrogens with two attached hydrogens (primary N) is 1. The van der Waals surface area contributed by atoms with E-state index in [4.69, 9.17) is 5.73 Å². The number of fused-ring (bicyclic) bond motifs is 1. The lowest BCUT2D eigenvalue weighted by atomic mass is 9.94. The first kappa shape index (κ1) is 8.28. The Morgan fingerprint density at radius 1 is 1.40 bits per heavy atom. The van der Waals surface area contributed by atoms with Crippen molar-refractivity contribution >= 4 is 12.4 Å². The van der Waals surface area contributed by atoms with Gasteiger partial charge in [0.05, 0.1) is 0 Å². The Hall–Kier alpha value is 0.180. The van der Waals surface area contributed by atoms with Crippen LogP contribution in [0.1, 0.15) is 25.7 Å². The van der Waals surface area contributed by atoms with E-state index >= 15 is 0 Å². The maximum absolute atomic E-state index is 13.2. The van der Waals surface area contributed by atoms with Crippen LogP contribution in [0.15, 0.2) is 0 Å². The zero-order chi connectivity index (χ0) is 6.48. The van der Waals surface area contributed by atoms with E-state index in [1.54, 1.807) is 0 Å². The fourth-order valence-corrected chi connectivity index (χ4v) is 1.94. The van der Waals surface area contributed by atoms with Crippen molar-refractivity contribution in [1.82, 2.24) is 0 Å². The molecule has 10 heavy (non-hydrogen) atoms. The second-order valence-electron chi connectivity index (χ2n) is 3.37. The van der Waals surface area contributed by atoms with E-state index in [0.29, 0.717) is 5.92 Å². The van der Waals surface area contributed by atoms with Crippen molar-refractivity contribution in [3.8, 4) is 0 Å². The molecule has 3 atom stereocenters. The second kappa shape index (κ2) is 2.35. The topological polar surface area (TPSA) is 26.0 Å². The van der Waals surface area contributed by atoms with Gasteiger partial charge in [-0.15, -0.1) is 12.4 Å². The molecule has 0 aromatic carbocycles. The van der Waals surface area contributed by atoms with Crippen molar-refractivity contribution in [2.24, 2.45) is 11.7 Å². The summed E-state index contributed by atoms with van der Waals surface area (Å²) >= 11 is 0. The van der Waals surface area contributed by atoms with Crippen molar-refractivity contribution in [3.63, 3.8) is 0 Å². The van der Waals surface area contributed by atoms with Crippen molar-refractivity contribution in [2.45, 2.75) is 37.4 Å². The Labute approximate surface area is 66.6 Å². The minimum Gasteiger partial charge on any atom is -0.325 e. The van der Waals surface area contributed by atoms with E-state index in [-0.39, 0.29) is 18.4 Å². The van der Waals surface area contributed by atoms with E-state index in [1.165, 1.54) is 0 Å². The molecule has 2 aliphatic rings. The van der Waals surface area contributed by atoms with Crippen LogP contribution in [0.5, 0.6) is 0 Å². The third-order valence-electron chi connectivity index (χ3n) is 2.76. The Bertz CT molecular complexity index is 142. The van der Waals surface area contributed by atoms with Crippen molar-refractivity contribution < 1.29 is 4.39 Å². The number of hydrogen-bond acceptors (Lipinski definition) is 1. The van der Waals surface area contributed by atoms with E-state index in [0.717, 1.165) is 25.7 Å². The van der Waals surface area contributed by atoms with Gasteiger partial charge in [0.15, 0.2) is 0 Å².